The third-order valence-corrected chi connectivity index (χ3v) is 4.82. The van der Waals surface area contributed by atoms with Crippen molar-refractivity contribution in [2.75, 3.05) is 18.6 Å². The Balaban J connectivity index is 1.66. The van der Waals surface area contributed by atoms with E-state index < -0.39 is 0 Å². The summed E-state index contributed by atoms with van der Waals surface area (Å²) in [5.41, 5.74) is 0. The topological polar surface area (TPSA) is 12.0 Å². The minimum atomic E-state index is 0.837. The Morgan fingerprint density at radius 3 is 2.79 bits per heavy atom. The summed E-state index contributed by atoms with van der Waals surface area (Å²) >= 11 is 1.97. The van der Waals surface area contributed by atoms with Gasteiger partial charge in [-0.2, -0.15) is 11.8 Å². The van der Waals surface area contributed by atoms with E-state index in [-0.39, 0.29) is 0 Å². The number of thioether (sulfide) groups is 1. The third kappa shape index (κ3) is 2.46. The molecule has 0 saturated heterocycles. The number of nitrogens with one attached hydrogen (secondary N) is 1. The number of hydrogen-bond donors (Lipinski definition) is 1. The Kier molecular flexibility index (Phi) is 3.78. The Hall–Kier alpha value is 0.310. The smallest absolute Gasteiger partial charge is 0.00981 e. The maximum atomic E-state index is 3.78. The molecule has 4 atom stereocenters. The van der Waals surface area contributed by atoms with Gasteiger partial charge in [-0.3, -0.25) is 0 Å². The van der Waals surface area contributed by atoms with Gasteiger partial charge in [-0.25, -0.2) is 0 Å². The lowest BCUT2D eigenvalue weighted by atomic mass is 9.95. The summed E-state index contributed by atoms with van der Waals surface area (Å²) in [7, 11) is 0. The maximum Gasteiger partial charge on any atom is 0.00981 e. The molecule has 2 saturated carbocycles. The van der Waals surface area contributed by atoms with Crippen molar-refractivity contribution in [1.29, 1.82) is 0 Å². The molecule has 1 nitrogen and oxygen atoms in total. The molecule has 1 N–H and O–H groups in total. The summed E-state index contributed by atoms with van der Waals surface area (Å²) in [6.45, 7) is 3.59. The van der Waals surface area contributed by atoms with Gasteiger partial charge < -0.3 is 5.32 Å². The highest BCUT2D eigenvalue weighted by Gasteiger charge is 2.38. The molecule has 82 valence electrons. The zero-order valence-electron chi connectivity index (χ0n) is 9.46. The zero-order valence-corrected chi connectivity index (χ0v) is 10.3. The predicted molar refractivity (Wildman–Crippen MR) is 64.8 cm³/mol. The normalized spacial score (nSPS) is 37.7. The van der Waals surface area contributed by atoms with Crippen LogP contribution in [-0.4, -0.2) is 24.6 Å². The lowest BCUT2D eigenvalue weighted by molar-refractivity contribution is 0.339. The fraction of sp³-hybridized carbons (Fsp3) is 1.00. The third-order valence-electron chi connectivity index (χ3n) is 3.92. The van der Waals surface area contributed by atoms with Gasteiger partial charge in [0.1, 0.15) is 0 Å². The summed E-state index contributed by atoms with van der Waals surface area (Å²) in [6, 6.07) is 0.873. The van der Waals surface area contributed by atoms with Crippen LogP contribution in [0.25, 0.3) is 0 Å². The van der Waals surface area contributed by atoms with Crippen LogP contribution in [-0.2, 0) is 0 Å². The largest absolute Gasteiger partial charge is 0.313 e. The first-order valence-electron chi connectivity index (χ1n) is 6.02. The van der Waals surface area contributed by atoms with Crippen LogP contribution < -0.4 is 5.32 Å². The first-order valence-corrected chi connectivity index (χ1v) is 7.41. The molecule has 0 radical (unpaired) electrons. The standard InChI is InChI=1S/C12H23NS/c1-9(8-14-2)7-13-12-6-10-3-4-11(12)5-10/h9-13H,3-8H2,1-2H3. The number of fused-ring (bicyclic) bond motifs is 2. The van der Waals surface area contributed by atoms with E-state index in [0.717, 1.165) is 23.8 Å². The second-order valence-electron chi connectivity index (χ2n) is 5.25. The van der Waals surface area contributed by atoms with Crippen LogP contribution >= 0.6 is 11.8 Å². The van der Waals surface area contributed by atoms with E-state index in [2.05, 4.69) is 18.5 Å². The highest BCUT2D eigenvalue weighted by molar-refractivity contribution is 7.98. The summed E-state index contributed by atoms with van der Waals surface area (Å²) < 4.78 is 0. The van der Waals surface area contributed by atoms with Gasteiger partial charge in [-0.15, -0.1) is 0 Å². The van der Waals surface area contributed by atoms with Crippen molar-refractivity contribution in [3.8, 4) is 0 Å². The molecule has 0 spiro atoms. The van der Waals surface area contributed by atoms with Gasteiger partial charge in [-0.05, 0) is 55.6 Å². The Bertz CT molecular complexity index is 183. The van der Waals surface area contributed by atoms with E-state index in [1.165, 1.54) is 38.0 Å². The SMILES string of the molecule is CSCC(C)CNC1CC2CCC1C2. The lowest BCUT2D eigenvalue weighted by Gasteiger charge is -2.24. The van der Waals surface area contributed by atoms with E-state index in [1.54, 1.807) is 0 Å². The Labute approximate surface area is 92.4 Å². The molecular weight excluding hydrogens is 190 g/mol. The van der Waals surface area contributed by atoms with Crippen molar-refractivity contribution in [2.24, 2.45) is 17.8 Å². The van der Waals surface area contributed by atoms with Crippen molar-refractivity contribution in [3.63, 3.8) is 0 Å². The Morgan fingerprint density at radius 2 is 2.21 bits per heavy atom. The van der Waals surface area contributed by atoms with E-state index in [9.17, 15) is 0 Å². The second kappa shape index (κ2) is 4.89. The molecule has 2 rings (SSSR count). The summed E-state index contributed by atoms with van der Waals surface area (Å²) in [4.78, 5) is 0. The highest BCUT2D eigenvalue weighted by atomic mass is 32.2. The molecule has 14 heavy (non-hydrogen) atoms. The van der Waals surface area contributed by atoms with Crippen molar-refractivity contribution in [2.45, 2.75) is 38.6 Å². The fourth-order valence-corrected chi connectivity index (χ4v) is 3.88. The number of rotatable bonds is 5. The van der Waals surface area contributed by atoms with Gasteiger partial charge in [-0.1, -0.05) is 13.3 Å². The molecule has 0 aromatic heterocycles. The molecule has 0 aliphatic heterocycles. The van der Waals surface area contributed by atoms with Crippen LogP contribution in [0.5, 0.6) is 0 Å². The van der Waals surface area contributed by atoms with Gasteiger partial charge in [0.15, 0.2) is 0 Å². The van der Waals surface area contributed by atoms with E-state index in [0.29, 0.717) is 0 Å². The van der Waals surface area contributed by atoms with Crippen molar-refractivity contribution >= 4 is 11.8 Å². The quantitative estimate of drug-likeness (QED) is 0.753. The molecule has 4 unspecified atom stereocenters. The van der Waals surface area contributed by atoms with E-state index >= 15 is 0 Å². The summed E-state index contributed by atoms with van der Waals surface area (Å²) in [5.74, 6) is 4.24. The Morgan fingerprint density at radius 1 is 1.36 bits per heavy atom. The minimum Gasteiger partial charge on any atom is -0.313 e. The first-order chi connectivity index (χ1) is 6.79. The van der Waals surface area contributed by atoms with Crippen molar-refractivity contribution in [3.05, 3.63) is 0 Å². The van der Waals surface area contributed by atoms with Crippen LogP contribution in [0.3, 0.4) is 0 Å². The molecule has 0 amide bonds. The number of hydrogen-bond acceptors (Lipinski definition) is 2. The molecule has 2 aliphatic carbocycles. The average Bonchev–Trinajstić information content (AvgIpc) is 2.76. The van der Waals surface area contributed by atoms with E-state index in [1.807, 2.05) is 11.8 Å². The molecule has 0 aromatic carbocycles. The van der Waals surface area contributed by atoms with Gasteiger partial charge >= 0.3 is 0 Å². The van der Waals surface area contributed by atoms with Crippen LogP contribution in [0, 0.1) is 17.8 Å². The summed E-state index contributed by atoms with van der Waals surface area (Å²) in [5, 5.41) is 3.78. The van der Waals surface area contributed by atoms with Crippen LogP contribution in [0.15, 0.2) is 0 Å². The summed E-state index contributed by atoms with van der Waals surface area (Å²) in [6.07, 6.45) is 8.21. The van der Waals surface area contributed by atoms with Gasteiger partial charge in [0.05, 0.1) is 0 Å². The van der Waals surface area contributed by atoms with Gasteiger partial charge in [0, 0.05) is 6.04 Å². The van der Waals surface area contributed by atoms with Crippen LogP contribution in [0.4, 0.5) is 0 Å². The first kappa shape index (κ1) is 10.8. The van der Waals surface area contributed by atoms with Crippen molar-refractivity contribution in [1.82, 2.24) is 5.32 Å². The van der Waals surface area contributed by atoms with Crippen LogP contribution in [0.1, 0.15) is 32.6 Å². The highest BCUT2D eigenvalue weighted by Crippen LogP contribution is 2.44. The minimum absolute atomic E-state index is 0.837. The molecule has 0 aromatic rings. The zero-order chi connectivity index (χ0) is 9.97. The monoisotopic (exact) mass is 213 g/mol. The van der Waals surface area contributed by atoms with Crippen molar-refractivity contribution < 1.29 is 0 Å². The van der Waals surface area contributed by atoms with Gasteiger partial charge in [0.2, 0.25) is 0 Å². The van der Waals surface area contributed by atoms with E-state index in [4.69, 9.17) is 0 Å². The molecule has 0 heterocycles. The average molecular weight is 213 g/mol. The second-order valence-corrected chi connectivity index (χ2v) is 6.16. The molecule has 2 fully saturated rings. The molecule has 2 bridgehead atoms. The van der Waals surface area contributed by atoms with Gasteiger partial charge in [0.25, 0.3) is 0 Å². The predicted octanol–water partition coefficient (Wildman–Crippen LogP) is 2.76. The maximum absolute atomic E-state index is 3.78. The molecule has 2 heteroatoms. The fourth-order valence-electron chi connectivity index (χ4n) is 3.19. The molecular formula is C12H23NS. The lowest BCUT2D eigenvalue weighted by Crippen LogP contribution is -2.37. The molecule has 2 aliphatic rings. The van der Waals surface area contributed by atoms with Crippen LogP contribution in [0.2, 0.25) is 0 Å².